The van der Waals surface area contributed by atoms with Gasteiger partial charge in [0.05, 0.1) is 28.3 Å². The van der Waals surface area contributed by atoms with E-state index in [0.717, 1.165) is 18.2 Å². The molecule has 0 aliphatic carbocycles. The lowest BCUT2D eigenvalue weighted by Crippen LogP contribution is -2.18. The molecule has 13 heteroatoms. The van der Waals surface area contributed by atoms with Crippen molar-refractivity contribution in [3.8, 4) is 5.75 Å². The Hall–Kier alpha value is -3.35. The number of hydrogen-bond donors (Lipinski definition) is 2. The normalized spacial score (nSPS) is 11.6. The first kappa shape index (κ1) is 23.3. The van der Waals surface area contributed by atoms with E-state index < -0.39 is 35.6 Å². The van der Waals surface area contributed by atoms with Crippen LogP contribution in [-0.2, 0) is 20.0 Å². The van der Waals surface area contributed by atoms with Crippen LogP contribution in [0.15, 0.2) is 76.5 Å². The minimum atomic E-state index is -4.39. The summed E-state index contributed by atoms with van der Waals surface area (Å²) in [6.07, 6.45) is 0. The molecule has 10 nitrogen and oxygen atoms in total. The lowest BCUT2D eigenvalue weighted by molar-refractivity contribution is -0.385. The maximum absolute atomic E-state index is 13.0. The minimum Gasteiger partial charge on any atom is -0.495 e. The van der Waals surface area contributed by atoms with Crippen molar-refractivity contribution in [2.24, 2.45) is 0 Å². The van der Waals surface area contributed by atoms with Gasteiger partial charge in [-0.15, -0.1) is 0 Å². The van der Waals surface area contributed by atoms with Gasteiger partial charge < -0.3 is 4.74 Å². The van der Waals surface area contributed by atoms with Crippen LogP contribution in [0.3, 0.4) is 0 Å². The van der Waals surface area contributed by atoms with Crippen molar-refractivity contribution in [3.63, 3.8) is 0 Å². The van der Waals surface area contributed by atoms with Crippen LogP contribution in [0.1, 0.15) is 0 Å². The number of anilines is 2. The van der Waals surface area contributed by atoms with Gasteiger partial charge >= 0.3 is 0 Å². The summed E-state index contributed by atoms with van der Waals surface area (Å²) < 4.78 is 60.9. The van der Waals surface area contributed by atoms with Gasteiger partial charge in [0.2, 0.25) is 0 Å². The molecule has 0 aliphatic heterocycles. The van der Waals surface area contributed by atoms with Gasteiger partial charge in [-0.3, -0.25) is 19.6 Å². The van der Waals surface area contributed by atoms with Crippen LogP contribution in [0, 0.1) is 10.1 Å². The topological polar surface area (TPSA) is 145 Å². The summed E-state index contributed by atoms with van der Waals surface area (Å²) in [4.78, 5) is 9.76. The zero-order chi connectivity index (χ0) is 23.5. The molecule has 0 aromatic heterocycles. The predicted octanol–water partition coefficient (Wildman–Crippen LogP) is 3.86. The lowest BCUT2D eigenvalue weighted by Gasteiger charge is -2.15. The standard InChI is InChI=1S/C19H16ClN3O7S2/c1-30-18-11-8-14(23(24)25)12-19(18)32(28,29)22-17-5-3-2-4-16(17)21-31(26,27)15-9-6-13(20)7-10-15/h2-12,21-22H,1H3. The van der Waals surface area contributed by atoms with Crippen LogP contribution in [-0.4, -0.2) is 28.9 Å². The molecule has 0 spiro atoms. The number of benzene rings is 3. The second-order valence-electron chi connectivity index (χ2n) is 6.30. The molecule has 0 radical (unpaired) electrons. The van der Waals surface area contributed by atoms with E-state index in [2.05, 4.69) is 9.44 Å². The van der Waals surface area contributed by atoms with Crippen LogP contribution < -0.4 is 14.2 Å². The zero-order valence-corrected chi connectivity index (χ0v) is 18.7. The summed E-state index contributed by atoms with van der Waals surface area (Å²) in [7, 11) is -7.24. The SMILES string of the molecule is COc1ccc([N+](=O)[O-])cc1S(=O)(=O)Nc1ccccc1NS(=O)(=O)c1ccc(Cl)cc1. The highest BCUT2D eigenvalue weighted by Crippen LogP contribution is 2.32. The molecule has 0 bridgehead atoms. The monoisotopic (exact) mass is 497 g/mol. The fourth-order valence-corrected chi connectivity index (χ4v) is 5.14. The first-order chi connectivity index (χ1) is 15.0. The third kappa shape index (κ3) is 5.10. The van der Waals surface area contributed by atoms with E-state index in [-0.39, 0.29) is 22.0 Å². The molecule has 3 aromatic rings. The Balaban J connectivity index is 1.98. The number of nitrogens with zero attached hydrogens (tertiary/aromatic N) is 1. The Morgan fingerprint density at radius 2 is 1.44 bits per heavy atom. The number of rotatable bonds is 8. The summed E-state index contributed by atoms with van der Waals surface area (Å²) in [6, 6.07) is 14.2. The number of halogens is 1. The van der Waals surface area contributed by atoms with Gasteiger partial charge in [-0.1, -0.05) is 23.7 Å². The van der Waals surface area contributed by atoms with Gasteiger partial charge in [-0.2, -0.15) is 0 Å². The molecule has 32 heavy (non-hydrogen) atoms. The van der Waals surface area contributed by atoms with Crippen molar-refractivity contribution in [2.45, 2.75) is 9.79 Å². The number of sulfonamides is 2. The number of nitro groups is 1. The molecule has 0 saturated carbocycles. The van der Waals surface area contributed by atoms with Crippen molar-refractivity contribution in [3.05, 3.63) is 81.9 Å². The molecule has 0 amide bonds. The zero-order valence-electron chi connectivity index (χ0n) is 16.4. The minimum absolute atomic E-state index is 0.0598. The third-order valence-corrected chi connectivity index (χ3v) is 7.21. The van der Waals surface area contributed by atoms with Crippen LogP contribution in [0.25, 0.3) is 0 Å². The van der Waals surface area contributed by atoms with E-state index in [1.807, 2.05) is 0 Å². The van der Waals surface area contributed by atoms with E-state index >= 15 is 0 Å². The Morgan fingerprint density at radius 1 is 0.875 bits per heavy atom. The van der Waals surface area contributed by atoms with Crippen molar-refractivity contribution >= 4 is 48.7 Å². The Bertz CT molecular complexity index is 1380. The van der Waals surface area contributed by atoms with Crippen LogP contribution in [0.5, 0.6) is 5.75 Å². The van der Waals surface area contributed by atoms with Gasteiger partial charge in [-0.05, 0) is 42.5 Å². The maximum atomic E-state index is 13.0. The van der Waals surface area contributed by atoms with Crippen LogP contribution in [0.2, 0.25) is 5.02 Å². The maximum Gasteiger partial charge on any atom is 0.271 e. The predicted molar refractivity (Wildman–Crippen MR) is 119 cm³/mol. The van der Waals surface area contributed by atoms with Gasteiger partial charge in [0.1, 0.15) is 10.6 Å². The van der Waals surface area contributed by atoms with Crippen molar-refractivity contribution in [2.75, 3.05) is 16.6 Å². The van der Waals surface area contributed by atoms with Gasteiger partial charge in [0.25, 0.3) is 25.7 Å². The molecule has 0 heterocycles. The molecule has 0 saturated heterocycles. The molecule has 0 aliphatic rings. The smallest absolute Gasteiger partial charge is 0.271 e. The van der Waals surface area contributed by atoms with E-state index in [1.54, 1.807) is 0 Å². The van der Waals surface area contributed by atoms with Gasteiger partial charge in [0, 0.05) is 17.2 Å². The number of ether oxygens (including phenoxy) is 1. The molecule has 0 unspecified atom stereocenters. The number of nitrogens with one attached hydrogen (secondary N) is 2. The largest absolute Gasteiger partial charge is 0.495 e. The summed E-state index contributed by atoms with van der Waals surface area (Å²) in [5.41, 5.74) is -0.614. The first-order valence-electron chi connectivity index (χ1n) is 8.76. The second-order valence-corrected chi connectivity index (χ2v) is 10.1. The molecular formula is C19H16ClN3O7S2. The van der Waals surface area contributed by atoms with Gasteiger partial charge in [-0.25, -0.2) is 16.8 Å². The summed E-state index contributed by atoms with van der Waals surface area (Å²) in [5, 5.41) is 11.4. The third-order valence-electron chi connectivity index (χ3n) is 4.19. The summed E-state index contributed by atoms with van der Waals surface area (Å²) in [5.74, 6) is -0.123. The average molecular weight is 498 g/mol. The van der Waals surface area contributed by atoms with E-state index in [4.69, 9.17) is 16.3 Å². The fourth-order valence-electron chi connectivity index (χ4n) is 2.67. The highest BCUT2D eigenvalue weighted by atomic mass is 35.5. The molecule has 168 valence electrons. The van der Waals surface area contributed by atoms with Crippen molar-refractivity contribution in [1.29, 1.82) is 0 Å². The highest BCUT2D eigenvalue weighted by Gasteiger charge is 2.25. The molecular weight excluding hydrogens is 482 g/mol. The van der Waals surface area contributed by atoms with Crippen LogP contribution in [0.4, 0.5) is 17.1 Å². The molecule has 0 atom stereocenters. The average Bonchev–Trinajstić information content (AvgIpc) is 2.74. The molecule has 3 aromatic carbocycles. The molecule has 0 fully saturated rings. The Kier molecular flexibility index (Phi) is 6.57. The van der Waals surface area contributed by atoms with Crippen molar-refractivity contribution < 1.29 is 26.5 Å². The lowest BCUT2D eigenvalue weighted by atomic mass is 10.3. The highest BCUT2D eigenvalue weighted by molar-refractivity contribution is 7.93. The van der Waals surface area contributed by atoms with E-state index in [1.165, 1.54) is 55.6 Å². The first-order valence-corrected chi connectivity index (χ1v) is 12.1. The Morgan fingerprint density at radius 3 is 1.97 bits per heavy atom. The van der Waals surface area contributed by atoms with E-state index in [9.17, 15) is 26.9 Å². The number of methoxy groups -OCH3 is 1. The second kappa shape index (κ2) is 9.02. The van der Waals surface area contributed by atoms with Crippen molar-refractivity contribution in [1.82, 2.24) is 0 Å². The quantitative estimate of drug-likeness (QED) is 0.355. The number of hydrogen-bond acceptors (Lipinski definition) is 7. The van der Waals surface area contributed by atoms with Crippen LogP contribution >= 0.6 is 11.6 Å². The summed E-state index contributed by atoms with van der Waals surface area (Å²) >= 11 is 5.79. The van der Waals surface area contributed by atoms with Gasteiger partial charge in [0.15, 0.2) is 0 Å². The summed E-state index contributed by atoms with van der Waals surface area (Å²) in [6.45, 7) is 0. The fraction of sp³-hybridized carbons (Fsp3) is 0.0526. The molecule has 2 N–H and O–H groups in total. The number of nitro benzene ring substituents is 1. The van der Waals surface area contributed by atoms with E-state index in [0.29, 0.717) is 5.02 Å². The number of non-ortho nitro benzene ring substituents is 1. The Labute approximate surface area is 189 Å². The number of para-hydroxylation sites is 2. The molecule has 3 rings (SSSR count).